The second kappa shape index (κ2) is 7.39. The number of carbonyl (C=O) groups is 1. The van der Waals surface area contributed by atoms with E-state index in [4.69, 9.17) is 4.74 Å². The number of aromatic nitrogens is 3. The van der Waals surface area contributed by atoms with Crippen LogP contribution in [0.4, 0.5) is 0 Å². The van der Waals surface area contributed by atoms with Crippen LogP contribution in [0.15, 0.2) is 67.3 Å². The van der Waals surface area contributed by atoms with E-state index < -0.39 is 0 Å². The van der Waals surface area contributed by atoms with Crippen LogP contribution in [0, 0.1) is 0 Å². The molecule has 3 heterocycles. The van der Waals surface area contributed by atoms with Crippen molar-refractivity contribution in [3.8, 4) is 11.6 Å². The predicted molar refractivity (Wildman–Crippen MR) is 97.4 cm³/mol. The fourth-order valence-corrected chi connectivity index (χ4v) is 3.21. The monoisotopic (exact) mass is 348 g/mol. The van der Waals surface area contributed by atoms with Crippen LogP contribution in [0.3, 0.4) is 0 Å². The van der Waals surface area contributed by atoms with Gasteiger partial charge in [-0.2, -0.15) is 0 Å². The van der Waals surface area contributed by atoms with Crippen molar-refractivity contribution >= 4 is 5.91 Å². The number of hydrogen-bond donors (Lipinski definition) is 0. The number of carbonyl (C=O) groups excluding carboxylic acids is 1. The van der Waals surface area contributed by atoms with Gasteiger partial charge >= 0.3 is 0 Å². The number of amides is 1. The molecule has 26 heavy (non-hydrogen) atoms. The van der Waals surface area contributed by atoms with Gasteiger partial charge in [0.15, 0.2) is 0 Å². The quantitative estimate of drug-likeness (QED) is 0.711. The fourth-order valence-electron chi connectivity index (χ4n) is 3.21. The molecule has 0 bridgehead atoms. The number of ether oxygens (including phenoxy) is 1. The first-order valence-corrected chi connectivity index (χ1v) is 8.75. The zero-order valence-corrected chi connectivity index (χ0v) is 14.4. The highest BCUT2D eigenvalue weighted by Crippen LogP contribution is 2.21. The van der Waals surface area contributed by atoms with Crippen molar-refractivity contribution < 1.29 is 9.53 Å². The number of benzene rings is 1. The molecule has 1 amide bonds. The summed E-state index contributed by atoms with van der Waals surface area (Å²) in [7, 11) is 0. The molecule has 1 aliphatic heterocycles. The summed E-state index contributed by atoms with van der Waals surface area (Å²) in [5, 5.41) is 0. The van der Waals surface area contributed by atoms with Gasteiger partial charge < -0.3 is 9.64 Å². The Morgan fingerprint density at radius 3 is 2.85 bits per heavy atom. The van der Waals surface area contributed by atoms with Crippen LogP contribution in [0.2, 0.25) is 0 Å². The summed E-state index contributed by atoms with van der Waals surface area (Å²) in [6, 6.07) is 15.2. The fraction of sp³-hybridized carbons (Fsp3) is 0.250. The van der Waals surface area contributed by atoms with E-state index in [9.17, 15) is 4.79 Å². The van der Waals surface area contributed by atoms with Crippen molar-refractivity contribution in [1.82, 2.24) is 19.4 Å². The van der Waals surface area contributed by atoms with E-state index in [2.05, 4.69) is 9.97 Å². The summed E-state index contributed by atoms with van der Waals surface area (Å²) >= 11 is 0. The number of hydrogen-bond acceptors (Lipinski definition) is 4. The highest BCUT2D eigenvalue weighted by molar-refractivity contribution is 5.93. The molecule has 6 nitrogen and oxygen atoms in total. The van der Waals surface area contributed by atoms with Gasteiger partial charge in [-0.25, -0.2) is 9.97 Å². The lowest BCUT2D eigenvalue weighted by Crippen LogP contribution is -2.39. The SMILES string of the molecule is O=C(c1cccc(-n2ccnc2)n1)N1CCC[C@H]1COc1ccccc1. The predicted octanol–water partition coefficient (Wildman–Crippen LogP) is 2.95. The van der Waals surface area contributed by atoms with E-state index in [1.807, 2.05) is 53.6 Å². The molecule has 0 unspecified atom stereocenters. The Balaban J connectivity index is 1.47. The van der Waals surface area contributed by atoms with E-state index >= 15 is 0 Å². The van der Waals surface area contributed by atoms with Crippen molar-refractivity contribution in [2.24, 2.45) is 0 Å². The molecule has 0 radical (unpaired) electrons. The van der Waals surface area contributed by atoms with Crippen molar-refractivity contribution in [1.29, 1.82) is 0 Å². The van der Waals surface area contributed by atoms with Gasteiger partial charge in [-0.05, 0) is 37.1 Å². The van der Waals surface area contributed by atoms with Crippen molar-refractivity contribution in [2.75, 3.05) is 13.2 Å². The van der Waals surface area contributed by atoms with Crippen LogP contribution in [0.5, 0.6) is 5.75 Å². The number of rotatable bonds is 5. The second-order valence-corrected chi connectivity index (χ2v) is 6.27. The van der Waals surface area contributed by atoms with E-state index in [1.165, 1.54) is 0 Å². The van der Waals surface area contributed by atoms with Crippen molar-refractivity contribution in [3.63, 3.8) is 0 Å². The molecular weight excluding hydrogens is 328 g/mol. The molecule has 1 fully saturated rings. The zero-order chi connectivity index (χ0) is 17.8. The van der Waals surface area contributed by atoms with Crippen LogP contribution >= 0.6 is 0 Å². The molecule has 1 aliphatic rings. The van der Waals surface area contributed by atoms with Crippen molar-refractivity contribution in [3.05, 3.63) is 72.9 Å². The van der Waals surface area contributed by atoms with Gasteiger partial charge in [0.1, 0.15) is 30.2 Å². The van der Waals surface area contributed by atoms with Crippen LogP contribution in [-0.2, 0) is 0 Å². The molecule has 1 atom stereocenters. The molecule has 1 saturated heterocycles. The Kier molecular flexibility index (Phi) is 4.64. The van der Waals surface area contributed by atoms with Crippen LogP contribution < -0.4 is 4.74 Å². The molecular formula is C20H20N4O2. The molecule has 3 aromatic rings. The second-order valence-electron chi connectivity index (χ2n) is 6.27. The summed E-state index contributed by atoms with van der Waals surface area (Å²) < 4.78 is 7.65. The Morgan fingerprint density at radius 1 is 1.15 bits per heavy atom. The van der Waals surface area contributed by atoms with E-state index in [1.54, 1.807) is 23.2 Å². The first-order valence-electron chi connectivity index (χ1n) is 8.75. The topological polar surface area (TPSA) is 60.2 Å². The average molecular weight is 348 g/mol. The minimum atomic E-state index is -0.0499. The summed E-state index contributed by atoms with van der Waals surface area (Å²) in [5.41, 5.74) is 0.447. The lowest BCUT2D eigenvalue weighted by atomic mass is 10.2. The van der Waals surface area contributed by atoms with Crippen LogP contribution in [0.25, 0.3) is 5.82 Å². The molecule has 4 rings (SSSR count). The standard InChI is InChI=1S/C20H20N4O2/c25-20(18-9-4-10-19(22-18)23-13-11-21-15-23)24-12-5-6-16(24)14-26-17-7-2-1-3-8-17/h1-4,7-11,13,15-16H,5-6,12,14H2/t16-/m0/s1. The Morgan fingerprint density at radius 2 is 2.04 bits per heavy atom. The maximum absolute atomic E-state index is 13.0. The van der Waals surface area contributed by atoms with Crippen molar-refractivity contribution in [2.45, 2.75) is 18.9 Å². The lowest BCUT2D eigenvalue weighted by molar-refractivity contribution is 0.0685. The van der Waals surface area contributed by atoms with Crippen LogP contribution in [-0.4, -0.2) is 44.5 Å². The largest absolute Gasteiger partial charge is 0.491 e. The number of para-hydroxylation sites is 1. The molecule has 0 N–H and O–H groups in total. The van der Waals surface area contributed by atoms with Gasteiger partial charge in [0.05, 0.1) is 6.04 Å². The van der Waals surface area contributed by atoms with Gasteiger partial charge in [0.2, 0.25) is 0 Å². The van der Waals surface area contributed by atoms with Crippen LogP contribution in [0.1, 0.15) is 23.3 Å². The highest BCUT2D eigenvalue weighted by atomic mass is 16.5. The molecule has 0 saturated carbocycles. The summed E-state index contributed by atoms with van der Waals surface area (Å²) in [5.74, 6) is 1.46. The van der Waals surface area contributed by atoms with E-state index in [0.29, 0.717) is 18.1 Å². The Bertz CT molecular complexity index is 865. The third kappa shape index (κ3) is 3.44. The molecule has 132 valence electrons. The summed E-state index contributed by atoms with van der Waals surface area (Å²) in [4.78, 5) is 23.4. The van der Waals surface area contributed by atoms with E-state index in [-0.39, 0.29) is 11.9 Å². The number of pyridine rings is 1. The minimum Gasteiger partial charge on any atom is -0.491 e. The van der Waals surface area contributed by atoms with Gasteiger partial charge in [-0.15, -0.1) is 0 Å². The first kappa shape index (κ1) is 16.3. The Labute approximate surface area is 152 Å². The van der Waals surface area contributed by atoms with Gasteiger partial charge in [-0.3, -0.25) is 9.36 Å². The van der Waals surface area contributed by atoms with Gasteiger partial charge in [0.25, 0.3) is 5.91 Å². The zero-order valence-electron chi connectivity index (χ0n) is 14.4. The highest BCUT2D eigenvalue weighted by Gasteiger charge is 2.30. The summed E-state index contributed by atoms with van der Waals surface area (Å²) in [6.45, 7) is 1.23. The lowest BCUT2D eigenvalue weighted by Gasteiger charge is -2.24. The van der Waals surface area contributed by atoms with Gasteiger partial charge in [-0.1, -0.05) is 24.3 Å². The van der Waals surface area contributed by atoms with E-state index in [0.717, 1.165) is 25.1 Å². The third-order valence-electron chi connectivity index (χ3n) is 4.55. The summed E-state index contributed by atoms with van der Waals surface area (Å²) in [6.07, 6.45) is 7.09. The maximum Gasteiger partial charge on any atom is 0.272 e. The van der Waals surface area contributed by atoms with Gasteiger partial charge in [0, 0.05) is 18.9 Å². The normalized spacial score (nSPS) is 16.6. The minimum absolute atomic E-state index is 0.0499. The third-order valence-corrected chi connectivity index (χ3v) is 4.55. The first-order chi connectivity index (χ1) is 12.8. The maximum atomic E-state index is 13.0. The average Bonchev–Trinajstić information content (AvgIpc) is 3.39. The Hall–Kier alpha value is -3.15. The number of likely N-dealkylation sites (tertiary alicyclic amines) is 1. The number of imidazole rings is 1. The number of nitrogens with zero attached hydrogens (tertiary/aromatic N) is 4. The molecule has 0 spiro atoms. The molecule has 0 aliphatic carbocycles. The smallest absolute Gasteiger partial charge is 0.272 e. The molecule has 1 aromatic carbocycles. The molecule has 2 aromatic heterocycles. The molecule has 6 heteroatoms.